The number of ether oxygens (including phenoxy) is 1. The van der Waals surface area contributed by atoms with Gasteiger partial charge in [0.1, 0.15) is 11.5 Å². The van der Waals surface area contributed by atoms with Crippen LogP contribution in [-0.2, 0) is 16.2 Å². The highest BCUT2D eigenvalue weighted by molar-refractivity contribution is 6.01. The molecule has 7 heteroatoms. The zero-order valence-corrected chi connectivity index (χ0v) is 27.7. The van der Waals surface area contributed by atoms with Crippen LogP contribution in [0.25, 0.3) is 0 Å². The van der Waals surface area contributed by atoms with Gasteiger partial charge < -0.3 is 25.6 Å². The normalized spacial score (nSPS) is 15.9. The summed E-state index contributed by atoms with van der Waals surface area (Å²) in [7, 11) is 0. The van der Waals surface area contributed by atoms with Crippen LogP contribution in [0.5, 0.6) is 11.5 Å². The highest BCUT2D eigenvalue weighted by atomic mass is 16.5. The molecule has 1 heterocycles. The number of benzene rings is 2. The zero-order valence-electron chi connectivity index (χ0n) is 27.7. The molecule has 4 N–H and O–H groups in total. The minimum atomic E-state index is -0.613. The van der Waals surface area contributed by atoms with E-state index in [1.807, 2.05) is 39.8 Å². The summed E-state index contributed by atoms with van der Waals surface area (Å²) in [6, 6.07) is 7.13. The Balaban J connectivity index is 2.33. The van der Waals surface area contributed by atoms with Crippen molar-refractivity contribution in [3.05, 3.63) is 57.6 Å². The molecule has 0 bridgehead atoms. The van der Waals surface area contributed by atoms with E-state index in [9.17, 15) is 19.8 Å². The van der Waals surface area contributed by atoms with Crippen LogP contribution in [0.2, 0.25) is 0 Å². The van der Waals surface area contributed by atoms with Crippen molar-refractivity contribution in [3.8, 4) is 11.5 Å². The molecule has 2 aromatic rings. The number of rotatable bonds is 8. The summed E-state index contributed by atoms with van der Waals surface area (Å²) < 4.78 is 6.66. The Bertz CT molecular complexity index is 1230. The first-order valence-corrected chi connectivity index (χ1v) is 15.1. The van der Waals surface area contributed by atoms with Gasteiger partial charge in [0.2, 0.25) is 0 Å². The van der Waals surface area contributed by atoms with Crippen LogP contribution in [0, 0.1) is 11.8 Å². The van der Waals surface area contributed by atoms with E-state index in [1.54, 1.807) is 0 Å². The van der Waals surface area contributed by atoms with Gasteiger partial charge in [-0.2, -0.15) is 0 Å². The van der Waals surface area contributed by atoms with E-state index >= 15 is 0 Å². The number of hydrogen-bond donors (Lipinski definition) is 4. The van der Waals surface area contributed by atoms with Gasteiger partial charge >= 0.3 is 0 Å². The molecule has 1 aliphatic heterocycles. The second kappa shape index (κ2) is 12.0. The number of carbonyl (C=O) groups excluding carboxylic acids is 2. The van der Waals surface area contributed by atoms with Gasteiger partial charge in [0.25, 0.3) is 11.8 Å². The van der Waals surface area contributed by atoms with Crippen molar-refractivity contribution < 1.29 is 24.5 Å². The summed E-state index contributed by atoms with van der Waals surface area (Å²) >= 11 is 0. The van der Waals surface area contributed by atoms with Crippen molar-refractivity contribution in [3.63, 3.8) is 0 Å². The molecule has 2 aromatic carbocycles. The minimum absolute atomic E-state index is 0.0326. The van der Waals surface area contributed by atoms with Gasteiger partial charge in [-0.05, 0) is 45.9 Å². The molecule has 0 fully saturated rings. The van der Waals surface area contributed by atoms with E-state index < -0.39 is 17.5 Å². The zero-order chi connectivity index (χ0) is 31.9. The van der Waals surface area contributed by atoms with Crippen molar-refractivity contribution in [2.45, 2.75) is 111 Å². The predicted molar refractivity (Wildman–Crippen MR) is 169 cm³/mol. The topological polar surface area (TPSA) is 108 Å². The lowest BCUT2D eigenvalue weighted by molar-refractivity contribution is 0.0891. The Morgan fingerprint density at radius 1 is 0.714 bits per heavy atom. The predicted octanol–water partition coefficient (Wildman–Crippen LogP) is 6.21. The molecule has 42 heavy (non-hydrogen) atoms. The Morgan fingerprint density at radius 2 is 1.05 bits per heavy atom. The summed E-state index contributed by atoms with van der Waals surface area (Å²) in [4.78, 5) is 27.7. The van der Waals surface area contributed by atoms with Crippen molar-refractivity contribution in [2.75, 3.05) is 13.2 Å². The maximum absolute atomic E-state index is 13.8. The molecule has 3 rings (SSSR count). The molecular formula is C35H52N2O5. The standard InChI is InChI=1S/C35H52N2O5/c1-19(2)27(17-38)36-31(40)23-13-21(33(5,6)7)15-25-29(23)42-30-24(32(41)37-28(18-39)20(3)4)14-22(34(8,9)10)16-26(30)35(25,11)12/h13-16,19-20,27-28,38-39H,17-18H2,1-12H3,(H,36,40)(H,37,41)/t27-,28-/m1/s1. The van der Waals surface area contributed by atoms with Crippen LogP contribution >= 0.6 is 0 Å². The average Bonchev–Trinajstić information content (AvgIpc) is 2.87. The summed E-state index contributed by atoms with van der Waals surface area (Å²) in [5.74, 6) is 0.233. The second-order valence-electron chi connectivity index (χ2n) is 15.0. The lowest BCUT2D eigenvalue weighted by Gasteiger charge is -2.39. The van der Waals surface area contributed by atoms with Crippen molar-refractivity contribution in [1.82, 2.24) is 10.6 Å². The second-order valence-corrected chi connectivity index (χ2v) is 15.0. The Hall–Kier alpha value is -2.90. The van der Waals surface area contributed by atoms with E-state index in [0.29, 0.717) is 22.6 Å². The lowest BCUT2D eigenvalue weighted by Crippen LogP contribution is -2.42. The van der Waals surface area contributed by atoms with E-state index in [2.05, 4.69) is 78.2 Å². The Morgan fingerprint density at radius 3 is 1.31 bits per heavy atom. The first kappa shape index (κ1) is 33.6. The maximum Gasteiger partial charge on any atom is 0.255 e. The fraction of sp³-hybridized carbons (Fsp3) is 0.600. The van der Waals surface area contributed by atoms with Gasteiger partial charge in [-0.3, -0.25) is 9.59 Å². The quantitative estimate of drug-likeness (QED) is 0.297. The number of amides is 2. The van der Waals surface area contributed by atoms with Gasteiger partial charge in [0.15, 0.2) is 0 Å². The third-order valence-electron chi connectivity index (χ3n) is 8.59. The van der Waals surface area contributed by atoms with Gasteiger partial charge in [-0.15, -0.1) is 0 Å². The number of hydrogen-bond acceptors (Lipinski definition) is 5. The molecular weight excluding hydrogens is 528 g/mol. The minimum Gasteiger partial charge on any atom is -0.455 e. The van der Waals surface area contributed by atoms with Crippen molar-refractivity contribution in [2.24, 2.45) is 11.8 Å². The summed E-state index contributed by atoms with van der Waals surface area (Å²) in [6.07, 6.45) is 0. The van der Waals surface area contributed by atoms with Gasteiger partial charge in [-0.25, -0.2) is 0 Å². The smallest absolute Gasteiger partial charge is 0.255 e. The summed E-state index contributed by atoms with van der Waals surface area (Å²) in [5.41, 5.74) is 3.35. The third kappa shape index (κ3) is 6.68. The number of aliphatic hydroxyl groups is 2. The molecule has 7 nitrogen and oxygen atoms in total. The molecule has 0 aromatic heterocycles. The SMILES string of the molecule is CC(C)[C@@H](CO)NC(=O)c1cc(C(C)(C)C)cc2c1Oc1c(C(=O)N[C@H](CO)C(C)C)cc(C(C)(C)C)cc1C2(C)C. The van der Waals surface area contributed by atoms with Crippen LogP contribution in [0.4, 0.5) is 0 Å². The van der Waals surface area contributed by atoms with Gasteiger partial charge in [0.05, 0.1) is 36.4 Å². The number of carbonyl (C=O) groups is 2. The van der Waals surface area contributed by atoms with Crippen molar-refractivity contribution in [1.29, 1.82) is 0 Å². The Labute approximate surface area is 252 Å². The van der Waals surface area contributed by atoms with E-state index in [0.717, 1.165) is 22.3 Å². The molecule has 0 saturated heterocycles. The molecule has 0 aliphatic carbocycles. The largest absolute Gasteiger partial charge is 0.455 e. The molecule has 2 atom stereocenters. The van der Waals surface area contributed by atoms with Gasteiger partial charge in [0, 0.05) is 16.5 Å². The van der Waals surface area contributed by atoms with Crippen LogP contribution < -0.4 is 15.4 Å². The van der Waals surface area contributed by atoms with E-state index in [-0.39, 0.29) is 47.7 Å². The first-order valence-electron chi connectivity index (χ1n) is 15.1. The fourth-order valence-corrected chi connectivity index (χ4v) is 5.20. The van der Waals surface area contributed by atoms with Crippen molar-refractivity contribution >= 4 is 11.8 Å². The van der Waals surface area contributed by atoms with E-state index in [1.165, 1.54) is 0 Å². The number of nitrogens with one attached hydrogen (secondary N) is 2. The van der Waals surface area contributed by atoms with E-state index in [4.69, 9.17) is 4.74 Å². The summed E-state index contributed by atoms with van der Waals surface area (Å²) in [6.45, 7) is 24.3. The van der Waals surface area contributed by atoms with Gasteiger partial charge in [-0.1, -0.05) is 95.2 Å². The number of aliphatic hydroxyl groups excluding tert-OH is 2. The first-order chi connectivity index (χ1) is 19.2. The number of fused-ring (bicyclic) bond motifs is 2. The molecule has 0 radical (unpaired) electrons. The summed E-state index contributed by atoms with van der Waals surface area (Å²) in [5, 5.41) is 25.9. The Kier molecular flexibility index (Phi) is 9.60. The molecule has 232 valence electrons. The highest BCUT2D eigenvalue weighted by Crippen LogP contribution is 2.52. The average molecular weight is 581 g/mol. The van der Waals surface area contributed by atoms with Crippen LogP contribution in [-0.4, -0.2) is 47.3 Å². The highest BCUT2D eigenvalue weighted by Gasteiger charge is 2.41. The third-order valence-corrected chi connectivity index (χ3v) is 8.59. The molecule has 1 aliphatic rings. The van der Waals surface area contributed by atoms with Crippen LogP contribution in [0.3, 0.4) is 0 Å². The molecule has 0 spiro atoms. The fourth-order valence-electron chi connectivity index (χ4n) is 5.20. The molecule has 0 saturated carbocycles. The van der Waals surface area contributed by atoms with Crippen LogP contribution in [0.15, 0.2) is 24.3 Å². The molecule has 0 unspecified atom stereocenters. The molecule has 2 amide bonds. The monoisotopic (exact) mass is 580 g/mol. The lowest BCUT2D eigenvalue weighted by atomic mass is 9.70. The maximum atomic E-state index is 13.8. The van der Waals surface area contributed by atoms with Crippen LogP contribution in [0.1, 0.15) is 126 Å².